The average Bonchev–Trinajstić information content (AvgIpc) is 3.20. The van der Waals surface area contributed by atoms with E-state index >= 15 is 0 Å². The van der Waals surface area contributed by atoms with E-state index in [1.807, 2.05) is 42.3 Å². The molecule has 3 heterocycles. The molecular formula is C20H23N3O3. The lowest BCUT2D eigenvalue weighted by atomic mass is 9.87. The minimum absolute atomic E-state index is 0.0632. The van der Waals surface area contributed by atoms with Crippen molar-refractivity contribution in [3.05, 3.63) is 54.1 Å². The van der Waals surface area contributed by atoms with Crippen molar-refractivity contribution < 1.29 is 14.3 Å². The molecule has 2 aliphatic heterocycles. The number of rotatable bonds is 4. The maximum absolute atomic E-state index is 12.8. The maximum Gasteiger partial charge on any atom is 0.410 e. The van der Waals surface area contributed by atoms with E-state index in [1.54, 1.807) is 17.0 Å². The Labute approximate surface area is 152 Å². The second kappa shape index (κ2) is 6.94. The van der Waals surface area contributed by atoms with Crippen LogP contribution in [0.2, 0.25) is 0 Å². The fraction of sp³-hybridized carbons (Fsp3) is 0.450. The summed E-state index contributed by atoms with van der Waals surface area (Å²) in [6.45, 7) is 0.283. The van der Waals surface area contributed by atoms with Gasteiger partial charge in [0.05, 0.1) is 0 Å². The molecule has 2 aliphatic rings. The normalized spacial score (nSPS) is 24.5. The summed E-state index contributed by atoms with van der Waals surface area (Å²) in [6, 6.07) is 9.87. The van der Waals surface area contributed by atoms with E-state index in [0.717, 1.165) is 18.4 Å². The van der Waals surface area contributed by atoms with Gasteiger partial charge in [-0.15, -0.1) is 0 Å². The number of amides is 1. The smallest absolute Gasteiger partial charge is 0.410 e. The van der Waals surface area contributed by atoms with Gasteiger partial charge < -0.3 is 14.2 Å². The average molecular weight is 353 g/mol. The van der Waals surface area contributed by atoms with E-state index in [0.29, 0.717) is 18.7 Å². The van der Waals surface area contributed by atoms with Crippen molar-refractivity contribution in [1.29, 1.82) is 0 Å². The molecule has 6 heteroatoms. The number of hydrogen-bond donors (Lipinski definition) is 0. The van der Waals surface area contributed by atoms with Gasteiger partial charge in [-0.1, -0.05) is 30.3 Å². The van der Waals surface area contributed by atoms with Gasteiger partial charge in [0.1, 0.15) is 6.61 Å². The van der Waals surface area contributed by atoms with Crippen LogP contribution >= 0.6 is 0 Å². The molecule has 1 amide bonds. The van der Waals surface area contributed by atoms with E-state index in [9.17, 15) is 9.59 Å². The number of hydrogen-bond acceptors (Lipinski definition) is 4. The topological polar surface area (TPSA) is 64.4 Å². The minimum atomic E-state index is -0.260. The van der Waals surface area contributed by atoms with E-state index in [-0.39, 0.29) is 36.5 Å². The third-order valence-electron chi connectivity index (χ3n) is 5.56. The monoisotopic (exact) mass is 353 g/mol. The summed E-state index contributed by atoms with van der Waals surface area (Å²) in [7, 11) is 1.84. The van der Waals surface area contributed by atoms with Crippen LogP contribution in [0.25, 0.3) is 0 Å². The predicted octanol–water partition coefficient (Wildman–Crippen LogP) is 3.18. The number of nitrogens with zero attached hydrogens (tertiary/aromatic N) is 3. The lowest BCUT2D eigenvalue weighted by Crippen LogP contribution is -2.48. The van der Waals surface area contributed by atoms with Crippen molar-refractivity contribution in [3.63, 3.8) is 0 Å². The number of imidazole rings is 1. The molecule has 1 aromatic heterocycles. The Bertz CT molecular complexity index is 788. The summed E-state index contributed by atoms with van der Waals surface area (Å²) in [6.07, 6.45) is 6.45. The molecule has 26 heavy (non-hydrogen) atoms. The van der Waals surface area contributed by atoms with Crippen LogP contribution in [0.4, 0.5) is 4.79 Å². The van der Waals surface area contributed by atoms with Gasteiger partial charge in [-0.3, -0.25) is 4.79 Å². The van der Waals surface area contributed by atoms with Crippen molar-refractivity contribution in [2.45, 2.75) is 44.4 Å². The number of Topliss-reactive ketones (excluding diaryl/α,β-unsaturated/α-hetero) is 1. The standard InChI is InChI=1S/C20H23N3O3/c1-22-10-9-21-19(22)18(24)15-11-16-7-8-17(12-15)23(16)20(25)26-13-14-5-3-2-4-6-14/h2-6,9-10,15-17H,7-8,11-13H2,1H3. The molecule has 2 bridgehead atoms. The fourth-order valence-corrected chi connectivity index (χ4v) is 4.27. The van der Waals surface area contributed by atoms with Crippen LogP contribution in [0, 0.1) is 5.92 Å². The van der Waals surface area contributed by atoms with Crippen molar-refractivity contribution in [2.24, 2.45) is 13.0 Å². The van der Waals surface area contributed by atoms with Gasteiger partial charge in [-0.05, 0) is 31.2 Å². The highest BCUT2D eigenvalue weighted by atomic mass is 16.6. The molecule has 0 N–H and O–H groups in total. The fourth-order valence-electron chi connectivity index (χ4n) is 4.27. The van der Waals surface area contributed by atoms with Crippen LogP contribution in [0.1, 0.15) is 41.9 Å². The highest BCUT2D eigenvalue weighted by molar-refractivity contribution is 5.95. The van der Waals surface area contributed by atoms with Crippen molar-refractivity contribution in [1.82, 2.24) is 14.5 Å². The van der Waals surface area contributed by atoms with Gasteiger partial charge in [0.15, 0.2) is 5.82 Å². The van der Waals surface area contributed by atoms with Crippen LogP contribution in [-0.4, -0.2) is 38.4 Å². The van der Waals surface area contributed by atoms with Crippen LogP contribution in [0.15, 0.2) is 42.7 Å². The number of fused-ring (bicyclic) bond motifs is 2. The Balaban J connectivity index is 1.40. The van der Waals surface area contributed by atoms with Gasteiger partial charge in [0.25, 0.3) is 0 Å². The van der Waals surface area contributed by atoms with Crippen LogP contribution in [-0.2, 0) is 18.4 Å². The number of aryl methyl sites for hydroxylation is 1. The largest absolute Gasteiger partial charge is 0.445 e. The van der Waals surface area contributed by atoms with E-state index < -0.39 is 0 Å². The molecule has 0 saturated carbocycles. The number of aromatic nitrogens is 2. The summed E-state index contributed by atoms with van der Waals surface area (Å²) in [5, 5.41) is 0. The maximum atomic E-state index is 12.8. The van der Waals surface area contributed by atoms with Crippen LogP contribution in [0.5, 0.6) is 0 Å². The molecule has 136 valence electrons. The Hall–Kier alpha value is -2.63. The molecule has 2 unspecified atom stereocenters. The molecule has 2 atom stereocenters. The van der Waals surface area contributed by atoms with Gasteiger partial charge in [0.2, 0.25) is 5.78 Å². The van der Waals surface area contributed by atoms with Crippen molar-refractivity contribution in [2.75, 3.05) is 0 Å². The lowest BCUT2D eigenvalue weighted by molar-refractivity contribution is 0.0480. The Morgan fingerprint density at radius 2 is 1.85 bits per heavy atom. The van der Waals surface area contributed by atoms with Gasteiger partial charge in [0, 0.05) is 37.4 Å². The highest BCUT2D eigenvalue weighted by Gasteiger charge is 2.46. The number of ether oxygens (including phenoxy) is 1. The van der Waals surface area contributed by atoms with E-state index in [4.69, 9.17) is 4.74 Å². The highest BCUT2D eigenvalue weighted by Crippen LogP contribution is 2.40. The first-order valence-electron chi connectivity index (χ1n) is 9.14. The molecule has 1 aromatic carbocycles. The van der Waals surface area contributed by atoms with Crippen molar-refractivity contribution >= 4 is 11.9 Å². The summed E-state index contributed by atoms with van der Waals surface area (Å²) in [4.78, 5) is 31.4. The summed E-state index contributed by atoms with van der Waals surface area (Å²) >= 11 is 0. The summed E-state index contributed by atoms with van der Waals surface area (Å²) in [5.41, 5.74) is 0.980. The minimum Gasteiger partial charge on any atom is -0.445 e. The zero-order chi connectivity index (χ0) is 18.1. The third-order valence-corrected chi connectivity index (χ3v) is 5.56. The van der Waals surface area contributed by atoms with Crippen molar-refractivity contribution in [3.8, 4) is 0 Å². The third kappa shape index (κ3) is 3.11. The molecule has 0 aliphatic carbocycles. The van der Waals surface area contributed by atoms with E-state index in [2.05, 4.69) is 4.98 Å². The summed E-state index contributed by atoms with van der Waals surface area (Å²) in [5.74, 6) is 0.535. The lowest BCUT2D eigenvalue weighted by Gasteiger charge is -2.37. The molecule has 0 spiro atoms. The Morgan fingerprint density at radius 1 is 1.15 bits per heavy atom. The second-order valence-electron chi connectivity index (χ2n) is 7.23. The second-order valence-corrected chi connectivity index (χ2v) is 7.23. The molecule has 6 nitrogen and oxygen atoms in total. The number of benzene rings is 1. The number of carbonyl (C=O) groups is 2. The molecule has 2 saturated heterocycles. The first-order valence-corrected chi connectivity index (χ1v) is 9.14. The molecule has 0 radical (unpaired) electrons. The number of piperidine rings is 1. The molecule has 2 aromatic rings. The van der Waals surface area contributed by atoms with Crippen LogP contribution < -0.4 is 0 Å². The Kier molecular flexibility index (Phi) is 4.49. The molecule has 4 rings (SSSR count). The SMILES string of the molecule is Cn1ccnc1C(=O)C1CC2CCC(C1)N2C(=O)OCc1ccccc1. The predicted molar refractivity (Wildman–Crippen MR) is 95.5 cm³/mol. The van der Waals surface area contributed by atoms with E-state index in [1.165, 1.54) is 0 Å². The van der Waals surface area contributed by atoms with Crippen LogP contribution in [0.3, 0.4) is 0 Å². The molecule has 2 fully saturated rings. The first kappa shape index (κ1) is 16.8. The summed E-state index contributed by atoms with van der Waals surface area (Å²) < 4.78 is 7.29. The number of ketones is 1. The number of carbonyl (C=O) groups excluding carboxylic acids is 2. The Morgan fingerprint density at radius 3 is 2.46 bits per heavy atom. The zero-order valence-electron chi connectivity index (χ0n) is 14.9. The van der Waals surface area contributed by atoms with Gasteiger partial charge in [-0.2, -0.15) is 0 Å². The van der Waals surface area contributed by atoms with Gasteiger partial charge in [-0.25, -0.2) is 9.78 Å². The van der Waals surface area contributed by atoms with Gasteiger partial charge >= 0.3 is 6.09 Å². The zero-order valence-corrected chi connectivity index (χ0v) is 14.9. The molecular weight excluding hydrogens is 330 g/mol. The quantitative estimate of drug-likeness (QED) is 0.792. The first-order chi connectivity index (χ1) is 12.6.